The molecule has 1 heterocycles. The first-order valence-electron chi connectivity index (χ1n) is 10.6. The van der Waals surface area contributed by atoms with Crippen molar-refractivity contribution in [3.8, 4) is 5.69 Å². The zero-order valence-electron chi connectivity index (χ0n) is 18.9. The number of rotatable bonds is 8. The Balaban J connectivity index is 1.79. The van der Waals surface area contributed by atoms with Crippen LogP contribution < -0.4 is 11.1 Å². The van der Waals surface area contributed by atoms with Gasteiger partial charge < -0.3 is 21.1 Å². The molecular formula is C23H22F5N5O3. The molecule has 0 radical (unpaired) electrons. The van der Waals surface area contributed by atoms with Crippen molar-refractivity contribution < 1.29 is 36.6 Å². The van der Waals surface area contributed by atoms with Crippen LogP contribution in [0.4, 0.5) is 27.8 Å². The van der Waals surface area contributed by atoms with Gasteiger partial charge in [-0.3, -0.25) is 9.59 Å². The summed E-state index contributed by atoms with van der Waals surface area (Å²) >= 11 is 0. The number of benzene rings is 2. The van der Waals surface area contributed by atoms with Gasteiger partial charge in [-0.15, -0.1) is 0 Å². The molecule has 1 atom stereocenters. The van der Waals surface area contributed by atoms with Crippen LogP contribution in [0, 0.1) is 11.6 Å². The van der Waals surface area contributed by atoms with E-state index >= 15 is 0 Å². The topological polar surface area (TPSA) is 113 Å². The van der Waals surface area contributed by atoms with E-state index in [9.17, 15) is 36.6 Å². The molecule has 1 aromatic heterocycles. The van der Waals surface area contributed by atoms with Crippen molar-refractivity contribution in [2.45, 2.75) is 18.7 Å². The van der Waals surface area contributed by atoms with Gasteiger partial charge in [-0.2, -0.15) is 18.3 Å². The average molecular weight is 511 g/mol. The van der Waals surface area contributed by atoms with E-state index in [1.807, 2.05) is 5.32 Å². The summed E-state index contributed by atoms with van der Waals surface area (Å²) in [7, 11) is 0. The second-order valence-corrected chi connectivity index (χ2v) is 7.85. The van der Waals surface area contributed by atoms with Crippen LogP contribution in [0.3, 0.4) is 0 Å². The molecule has 0 aliphatic heterocycles. The highest BCUT2D eigenvalue weighted by Gasteiger charge is 2.55. The molecule has 3 rings (SSSR count). The van der Waals surface area contributed by atoms with E-state index in [1.54, 1.807) is 18.2 Å². The summed E-state index contributed by atoms with van der Waals surface area (Å²) in [6, 6.07) is 10.3. The molecule has 0 saturated carbocycles. The van der Waals surface area contributed by atoms with Gasteiger partial charge in [0.2, 0.25) is 0 Å². The maximum atomic E-state index is 13.8. The third-order valence-corrected chi connectivity index (χ3v) is 5.41. The molecule has 2 amide bonds. The minimum absolute atomic E-state index is 0.0322. The van der Waals surface area contributed by atoms with Gasteiger partial charge in [0, 0.05) is 18.2 Å². The molecule has 0 saturated heterocycles. The van der Waals surface area contributed by atoms with E-state index in [4.69, 9.17) is 5.73 Å². The highest BCUT2D eigenvalue weighted by molar-refractivity contribution is 5.98. The van der Waals surface area contributed by atoms with Gasteiger partial charge in [0.15, 0.2) is 17.2 Å². The summed E-state index contributed by atoms with van der Waals surface area (Å²) in [5.41, 5.74) is 2.08. The standard InChI is InChI=1S/C23H22F5N5O3/c1-2-32(21(35)14-6-4-3-5-7-14)13-22(36,23(26,27)28)12-30-20(34)16-11-31-33(19(16)29)15-8-9-17(24)18(25)10-15/h3-11,36H,2,12-13,29H2,1H3,(H,30,34). The molecule has 0 aliphatic rings. The van der Waals surface area contributed by atoms with Crippen LogP contribution in [0.1, 0.15) is 27.6 Å². The molecule has 8 nitrogen and oxygen atoms in total. The minimum atomic E-state index is -5.22. The SMILES string of the molecule is CCN(CC(O)(CNC(=O)c1cnn(-c2ccc(F)c(F)c2)c1N)C(F)(F)F)C(=O)c1ccccc1. The number of aromatic nitrogens is 2. The molecule has 36 heavy (non-hydrogen) atoms. The number of nitrogens with two attached hydrogens (primary N) is 1. The number of carbonyl (C=O) groups excluding carboxylic acids is 2. The van der Waals surface area contributed by atoms with E-state index in [0.717, 1.165) is 34.0 Å². The lowest BCUT2D eigenvalue weighted by Gasteiger charge is -2.35. The number of nitrogens with zero attached hydrogens (tertiary/aromatic N) is 3. The Bertz CT molecular complexity index is 1250. The first-order valence-corrected chi connectivity index (χ1v) is 10.6. The number of nitrogen functional groups attached to an aromatic ring is 1. The Kier molecular flexibility index (Phi) is 7.62. The van der Waals surface area contributed by atoms with Crippen LogP contribution >= 0.6 is 0 Å². The smallest absolute Gasteiger partial charge is 0.383 e. The van der Waals surface area contributed by atoms with Crippen molar-refractivity contribution in [1.29, 1.82) is 0 Å². The van der Waals surface area contributed by atoms with Crippen molar-refractivity contribution in [1.82, 2.24) is 20.0 Å². The molecule has 3 aromatic rings. The molecule has 0 bridgehead atoms. The minimum Gasteiger partial charge on any atom is -0.383 e. The number of likely N-dealkylation sites (N-methyl/N-ethyl adjacent to an activating group) is 1. The predicted octanol–water partition coefficient (Wildman–Crippen LogP) is 2.92. The summed E-state index contributed by atoms with van der Waals surface area (Å²) < 4.78 is 69.1. The van der Waals surface area contributed by atoms with E-state index < -0.39 is 48.3 Å². The Morgan fingerprint density at radius 3 is 2.36 bits per heavy atom. The summed E-state index contributed by atoms with van der Waals surface area (Å²) in [4.78, 5) is 26.0. The summed E-state index contributed by atoms with van der Waals surface area (Å²) in [5, 5.41) is 16.2. The normalized spacial score (nSPS) is 13.2. The van der Waals surface area contributed by atoms with Crippen LogP contribution in [0.15, 0.2) is 54.7 Å². The predicted molar refractivity (Wildman–Crippen MR) is 119 cm³/mol. The molecule has 2 aromatic carbocycles. The number of hydrogen-bond donors (Lipinski definition) is 3. The third-order valence-electron chi connectivity index (χ3n) is 5.41. The van der Waals surface area contributed by atoms with E-state index in [-0.39, 0.29) is 29.2 Å². The van der Waals surface area contributed by atoms with Crippen LogP contribution in [-0.2, 0) is 0 Å². The largest absolute Gasteiger partial charge is 0.420 e. The molecule has 4 N–H and O–H groups in total. The zero-order valence-corrected chi connectivity index (χ0v) is 18.9. The molecule has 1 unspecified atom stereocenters. The first-order chi connectivity index (χ1) is 16.9. The average Bonchev–Trinajstić information content (AvgIpc) is 3.23. The van der Waals surface area contributed by atoms with Gasteiger partial charge in [0.1, 0.15) is 11.4 Å². The maximum absolute atomic E-state index is 13.8. The highest BCUT2D eigenvalue weighted by Crippen LogP contribution is 2.31. The molecule has 0 fully saturated rings. The molecule has 192 valence electrons. The van der Waals surface area contributed by atoms with Crippen molar-refractivity contribution in [2.24, 2.45) is 0 Å². The summed E-state index contributed by atoms with van der Waals surface area (Å²) in [5.74, 6) is -4.52. The fraction of sp³-hybridized carbons (Fsp3) is 0.261. The monoisotopic (exact) mass is 511 g/mol. The number of amides is 2. The number of alkyl halides is 3. The number of aliphatic hydroxyl groups is 1. The Labute approximate surface area is 202 Å². The van der Waals surface area contributed by atoms with Gasteiger partial charge >= 0.3 is 6.18 Å². The van der Waals surface area contributed by atoms with Gasteiger partial charge in [-0.1, -0.05) is 18.2 Å². The lowest BCUT2D eigenvalue weighted by atomic mass is 10.0. The number of carbonyl (C=O) groups is 2. The maximum Gasteiger partial charge on any atom is 0.420 e. The van der Waals surface area contributed by atoms with E-state index in [2.05, 4.69) is 5.10 Å². The zero-order chi connectivity index (χ0) is 26.7. The summed E-state index contributed by atoms with van der Waals surface area (Å²) in [6.45, 7) is -1.15. The highest BCUT2D eigenvalue weighted by atomic mass is 19.4. The van der Waals surface area contributed by atoms with Crippen LogP contribution in [0.5, 0.6) is 0 Å². The van der Waals surface area contributed by atoms with Crippen LogP contribution in [-0.4, -0.2) is 63.0 Å². The van der Waals surface area contributed by atoms with Gasteiger partial charge in [0.05, 0.1) is 25.0 Å². The molecule has 0 aliphatic carbocycles. The second kappa shape index (κ2) is 10.3. The Morgan fingerprint density at radius 1 is 1.11 bits per heavy atom. The Hall–Kier alpha value is -4.00. The van der Waals surface area contributed by atoms with Crippen LogP contribution in [0.25, 0.3) is 5.69 Å². The van der Waals surface area contributed by atoms with E-state index in [0.29, 0.717) is 0 Å². The fourth-order valence-electron chi connectivity index (χ4n) is 3.33. The first kappa shape index (κ1) is 26.6. The van der Waals surface area contributed by atoms with Crippen molar-refractivity contribution in [3.05, 3.63) is 77.5 Å². The number of nitrogens with one attached hydrogen (secondary N) is 1. The second-order valence-electron chi connectivity index (χ2n) is 7.85. The summed E-state index contributed by atoms with van der Waals surface area (Å²) in [6.07, 6.45) is -4.29. The van der Waals surface area contributed by atoms with Gasteiger partial charge in [0.25, 0.3) is 11.8 Å². The Morgan fingerprint density at radius 2 is 1.78 bits per heavy atom. The van der Waals surface area contributed by atoms with Crippen LogP contribution in [0.2, 0.25) is 0 Å². The van der Waals surface area contributed by atoms with Crippen molar-refractivity contribution in [2.75, 3.05) is 25.4 Å². The number of hydrogen-bond acceptors (Lipinski definition) is 5. The number of anilines is 1. The number of halogens is 5. The lowest BCUT2D eigenvalue weighted by Crippen LogP contribution is -2.60. The van der Waals surface area contributed by atoms with Gasteiger partial charge in [-0.05, 0) is 31.2 Å². The quantitative estimate of drug-likeness (QED) is 0.403. The molecular weight excluding hydrogens is 489 g/mol. The lowest BCUT2D eigenvalue weighted by molar-refractivity contribution is -0.259. The van der Waals surface area contributed by atoms with Crippen molar-refractivity contribution in [3.63, 3.8) is 0 Å². The fourth-order valence-corrected chi connectivity index (χ4v) is 3.33. The molecule has 13 heteroatoms. The van der Waals surface area contributed by atoms with Gasteiger partial charge in [-0.25, -0.2) is 13.5 Å². The van der Waals surface area contributed by atoms with E-state index in [1.165, 1.54) is 19.1 Å². The third kappa shape index (κ3) is 5.46. The van der Waals surface area contributed by atoms with Crippen molar-refractivity contribution >= 4 is 17.6 Å². The molecule has 0 spiro atoms.